The van der Waals surface area contributed by atoms with Crippen LogP contribution in [0, 0.1) is 0 Å². The number of benzene rings is 1. The van der Waals surface area contributed by atoms with Crippen LogP contribution < -0.4 is 11.1 Å². The van der Waals surface area contributed by atoms with Crippen molar-refractivity contribution in [3.8, 4) is 0 Å². The van der Waals surface area contributed by atoms with Gasteiger partial charge in [-0.05, 0) is 12.1 Å². The van der Waals surface area contributed by atoms with Gasteiger partial charge in [-0.3, -0.25) is 4.79 Å². The maximum Gasteiger partial charge on any atom is 0.247 e. The zero-order valence-corrected chi connectivity index (χ0v) is 9.74. The van der Waals surface area contributed by atoms with Gasteiger partial charge < -0.3 is 16.2 Å². The van der Waals surface area contributed by atoms with E-state index in [1.54, 1.807) is 11.8 Å². The Kier molecular flexibility index (Phi) is 5.92. The van der Waals surface area contributed by atoms with Gasteiger partial charge in [0, 0.05) is 23.7 Å². The van der Waals surface area contributed by atoms with Crippen molar-refractivity contribution in [2.45, 2.75) is 11.0 Å². The van der Waals surface area contributed by atoms with Crippen LogP contribution >= 0.6 is 11.8 Å². The number of hydrogen-bond donors (Lipinski definition) is 3. The summed E-state index contributed by atoms with van der Waals surface area (Å²) in [4.78, 5) is 11.7. The molecule has 1 aromatic carbocycles. The second-order valence-electron chi connectivity index (χ2n) is 3.28. The molecule has 0 heterocycles. The lowest BCUT2D eigenvalue weighted by Gasteiger charge is -2.07. The largest absolute Gasteiger partial charge is 0.382 e. The Morgan fingerprint density at radius 1 is 1.44 bits per heavy atom. The van der Waals surface area contributed by atoms with Crippen molar-refractivity contribution in [3.63, 3.8) is 0 Å². The van der Waals surface area contributed by atoms with Gasteiger partial charge in [0.1, 0.15) is 6.10 Å². The van der Waals surface area contributed by atoms with Gasteiger partial charge in [-0.2, -0.15) is 0 Å². The van der Waals surface area contributed by atoms with Crippen molar-refractivity contribution >= 4 is 17.7 Å². The molecule has 1 atom stereocenters. The number of hydrogen-bond acceptors (Lipinski definition) is 4. The molecule has 0 saturated carbocycles. The highest BCUT2D eigenvalue weighted by Crippen LogP contribution is 2.15. The summed E-state index contributed by atoms with van der Waals surface area (Å²) >= 11 is 1.72. The van der Waals surface area contributed by atoms with Gasteiger partial charge in [-0.1, -0.05) is 18.2 Å². The van der Waals surface area contributed by atoms with E-state index in [4.69, 9.17) is 10.8 Å². The Balaban J connectivity index is 2.07. The van der Waals surface area contributed by atoms with Gasteiger partial charge in [0.05, 0.1) is 0 Å². The second-order valence-corrected chi connectivity index (χ2v) is 4.45. The molecule has 0 spiro atoms. The van der Waals surface area contributed by atoms with E-state index in [0.29, 0.717) is 0 Å². The van der Waals surface area contributed by atoms with E-state index in [2.05, 4.69) is 5.32 Å². The zero-order chi connectivity index (χ0) is 11.8. The van der Waals surface area contributed by atoms with Crippen LogP contribution in [0.15, 0.2) is 35.2 Å². The SMILES string of the molecule is NC(=O)C(O)CNCCSc1ccccc1. The van der Waals surface area contributed by atoms with E-state index in [1.165, 1.54) is 4.90 Å². The molecule has 0 aromatic heterocycles. The Bertz CT molecular complexity index is 319. The lowest BCUT2D eigenvalue weighted by molar-refractivity contribution is -0.125. The fraction of sp³-hybridized carbons (Fsp3) is 0.364. The number of rotatable bonds is 7. The normalized spacial score (nSPS) is 12.3. The maximum atomic E-state index is 10.5. The number of nitrogens with one attached hydrogen (secondary N) is 1. The van der Waals surface area contributed by atoms with Gasteiger partial charge in [0.25, 0.3) is 0 Å². The number of carbonyl (C=O) groups is 1. The molecule has 5 heteroatoms. The molecule has 1 rings (SSSR count). The predicted octanol–water partition coefficient (Wildman–Crippen LogP) is 0.214. The number of nitrogens with two attached hydrogens (primary N) is 1. The third-order valence-electron chi connectivity index (χ3n) is 1.96. The minimum absolute atomic E-state index is 0.213. The van der Waals surface area contributed by atoms with Crippen molar-refractivity contribution in [1.82, 2.24) is 5.32 Å². The van der Waals surface area contributed by atoms with Crippen molar-refractivity contribution < 1.29 is 9.90 Å². The van der Waals surface area contributed by atoms with Crippen molar-refractivity contribution in [1.29, 1.82) is 0 Å². The first kappa shape index (κ1) is 13.0. The molecule has 88 valence electrons. The Labute approximate surface area is 99.2 Å². The molecular formula is C11H16N2O2S. The van der Waals surface area contributed by atoms with E-state index in [9.17, 15) is 4.79 Å². The molecule has 4 N–H and O–H groups in total. The fourth-order valence-corrected chi connectivity index (χ4v) is 1.93. The number of primary amides is 1. The molecule has 0 bridgehead atoms. The first-order valence-electron chi connectivity index (χ1n) is 5.06. The van der Waals surface area contributed by atoms with Gasteiger partial charge >= 0.3 is 0 Å². The summed E-state index contributed by atoms with van der Waals surface area (Å²) in [5.74, 6) is 0.193. The smallest absolute Gasteiger partial charge is 0.247 e. The number of aliphatic hydroxyl groups is 1. The van der Waals surface area contributed by atoms with E-state index in [-0.39, 0.29) is 6.54 Å². The first-order chi connectivity index (χ1) is 7.70. The summed E-state index contributed by atoms with van der Waals surface area (Å²) in [5.41, 5.74) is 4.91. The zero-order valence-electron chi connectivity index (χ0n) is 8.93. The topological polar surface area (TPSA) is 75.4 Å². The molecule has 0 radical (unpaired) electrons. The predicted molar refractivity (Wildman–Crippen MR) is 65.2 cm³/mol. The quantitative estimate of drug-likeness (QED) is 0.470. The highest BCUT2D eigenvalue weighted by molar-refractivity contribution is 7.99. The minimum Gasteiger partial charge on any atom is -0.382 e. The van der Waals surface area contributed by atoms with Crippen LogP contribution in [-0.2, 0) is 4.79 Å². The monoisotopic (exact) mass is 240 g/mol. The number of carbonyl (C=O) groups excluding carboxylic acids is 1. The van der Waals surface area contributed by atoms with E-state index in [0.717, 1.165) is 12.3 Å². The summed E-state index contributed by atoms with van der Waals surface area (Å²) in [6, 6.07) is 10.1. The number of amides is 1. The van der Waals surface area contributed by atoms with Crippen LogP contribution in [0.25, 0.3) is 0 Å². The van der Waals surface area contributed by atoms with Crippen LogP contribution in [0.1, 0.15) is 0 Å². The molecule has 0 saturated heterocycles. The Morgan fingerprint density at radius 2 is 2.12 bits per heavy atom. The lowest BCUT2D eigenvalue weighted by Crippen LogP contribution is -2.38. The van der Waals surface area contributed by atoms with E-state index in [1.807, 2.05) is 30.3 Å². The average Bonchev–Trinajstić information content (AvgIpc) is 2.29. The molecule has 0 aliphatic rings. The number of aliphatic hydroxyl groups excluding tert-OH is 1. The maximum absolute atomic E-state index is 10.5. The third kappa shape index (κ3) is 5.16. The van der Waals surface area contributed by atoms with Gasteiger partial charge in [-0.15, -0.1) is 11.8 Å². The molecule has 0 fully saturated rings. The molecule has 1 amide bonds. The van der Waals surface area contributed by atoms with Crippen LogP contribution in [-0.4, -0.2) is 36.0 Å². The summed E-state index contributed by atoms with van der Waals surface area (Å²) in [5, 5.41) is 12.1. The van der Waals surface area contributed by atoms with Crippen LogP contribution in [0.3, 0.4) is 0 Å². The third-order valence-corrected chi connectivity index (χ3v) is 2.97. The van der Waals surface area contributed by atoms with Crippen LogP contribution in [0.2, 0.25) is 0 Å². The first-order valence-corrected chi connectivity index (χ1v) is 6.04. The summed E-state index contributed by atoms with van der Waals surface area (Å²) in [6.07, 6.45) is -1.10. The van der Waals surface area contributed by atoms with Crippen molar-refractivity contribution in [2.75, 3.05) is 18.8 Å². The van der Waals surface area contributed by atoms with Crippen molar-refractivity contribution in [3.05, 3.63) is 30.3 Å². The summed E-state index contributed by atoms with van der Waals surface area (Å²) < 4.78 is 0. The van der Waals surface area contributed by atoms with Gasteiger partial charge in [0.15, 0.2) is 0 Å². The van der Waals surface area contributed by atoms with Gasteiger partial charge in [-0.25, -0.2) is 0 Å². The molecule has 1 unspecified atom stereocenters. The fourth-order valence-electron chi connectivity index (χ4n) is 1.10. The molecule has 0 aliphatic heterocycles. The molecule has 4 nitrogen and oxygen atoms in total. The van der Waals surface area contributed by atoms with Crippen molar-refractivity contribution in [2.24, 2.45) is 5.73 Å². The van der Waals surface area contributed by atoms with E-state index < -0.39 is 12.0 Å². The lowest BCUT2D eigenvalue weighted by atomic mass is 10.3. The van der Waals surface area contributed by atoms with Gasteiger partial charge in [0.2, 0.25) is 5.91 Å². The highest BCUT2D eigenvalue weighted by Gasteiger charge is 2.08. The molecule has 0 aliphatic carbocycles. The summed E-state index contributed by atoms with van der Waals surface area (Å²) in [7, 11) is 0. The standard InChI is InChI=1S/C11H16N2O2S/c12-11(15)10(14)8-13-6-7-16-9-4-2-1-3-5-9/h1-5,10,13-14H,6-8H2,(H2,12,15). The Hall–Kier alpha value is -1.04. The van der Waals surface area contributed by atoms with E-state index >= 15 is 0 Å². The van der Waals surface area contributed by atoms with Crippen LogP contribution in [0.5, 0.6) is 0 Å². The molecular weight excluding hydrogens is 224 g/mol. The minimum atomic E-state index is -1.10. The van der Waals surface area contributed by atoms with Crippen LogP contribution in [0.4, 0.5) is 0 Å². The highest BCUT2D eigenvalue weighted by atomic mass is 32.2. The number of thioether (sulfide) groups is 1. The molecule has 1 aromatic rings. The Morgan fingerprint density at radius 3 is 2.75 bits per heavy atom. The second kappa shape index (κ2) is 7.27. The molecule has 16 heavy (non-hydrogen) atoms. The average molecular weight is 240 g/mol. The summed E-state index contributed by atoms with van der Waals surface area (Å²) in [6.45, 7) is 0.939.